The number of H-pyrrole nitrogens is 1. The van der Waals surface area contributed by atoms with E-state index < -0.39 is 51.8 Å². The van der Waals surface area contributed by atoms with Gasteiger partial charge < -0.3 is 26.0 Å². The molecule has 1 amide bonds. The second kappa shape index (κ2) is 5.26. The number of aromatic amines is 1. The predicted molar refractivity (Wildman–Crippen MR) is 91.4 cm³/mol. The third-order valence-corrected chi connectivity index (χ3v) is 4.33. The largest absolute Gasteiger partial charge is 0.478 e. The molecule has 6 N–H and O–H groups in total. The van der Waals surface area contributed by atoms with Gasteiger partial charge in [-0.1, -0.05) is 0 Å². The lowest BCUT2D eigenvalue weighted by Gasteiger charge is -2.09. The first kappa shape index (κ1) is 17.0. The van der Waals surface area contributed by atoms with Gasteiger partial charge in [-0.3, -0.25) is 14.0 Å². The number of hydrogen-bond acceptors (Lipinski definition) is 6. The lowest BCUT2D eigenvalue weighted by Crippen LogP contribution is -2.19. The topological polar surface area (TPSA) is 205 Å². The Morgan fingerprint density at radius 2 is 1.71 bits per heavy atom. The quantitative estimate of drug-likeness (QED) is 0.319. The number of aromatic carboxylic acids is 3. The van der Waals surface area contributed by atoms with Crippen molar-refractivity contribution in [1.29, 1.82) is 0 Å². The van der Waals surface area contributed by atoms with Crippen molar-refractivity contribution in [2.24, 2.45) is 5.73 Å². The zero-order chi connectivity index (χ0) is 20.5. The average Bonchev–Trinajstić information content (AvgIpc) is 3.22. The molecule has 0 fully saturated rings. The number of nitrogens with zero attached hydrogens (tertiary/aromatic N) is 2. The molecule has 12 heteroatoms. The fourth-order valence-electron chi connectivity index (χ4n) is 3.26. The standard InChI is InChI=1S/C16H8N4O8/c17-12(22)13-19-9-10-7(3(14(23)24)2-6(16(27)28)20(10)13)8-4(11(9)21)1-5(18-8)15(25)26/h1-2,18H,(H2,17,22)(H,23,24)(H,25,26)(H,27,28). The SMILES string of the molecule is NC(=O)c1nc2c(=O)c3cc(C(=O)O)[nH]c3c3c(C(=O)O)cc(C(=O)O)n1c23. The molecule has 28 heavy (non-hydrogen) atoms. The average molecular weight is 384 g/mol. The van der Waals surface area contributed by atoms with Gasteiger partial charge in [-0.2, -0.15) is 0 Å². The van der Waals surface area contributed by atoms with Gasteiger partial charge in [0, 0.05) is 5.39 Å². The monoisotopic (exact) mass is 384 g/mol. The maximum atomic E-state index is 12.8. The number of pyridine rings is 1. The number of carbonyl (C=O) groups excluding carboxylic acids is 1. The minimum atomic E-state index is -1.59. The van der Waals surface area contributed by atoms with Crippen LogP contribution >= 0.6 is 0 Å². The molecule has 0 aliphatic carbocycles. The van der Waals surface area contributed by atoms with E-state index in [1.54, 1.807) is 0 Å². The zero-order valence-electron chi connectivity index (χ0n) is 13.5. The molecule has 3 heterocycles. The van der Waals surface area contributed by atoms with Gasteiger partial charge in [0.05, 0.1) is 22.0 Å². The van der Waals surface area contributed by atoms with Gasteiger partial charge in [-0.25, -0.2) is 19.4 Å². The Labute approximate surface area is 151 Å². The maximum Gasteiger partial charge on any atom is 0.352 e. The van der Waals surface area contributed by atoms with Gasteiger partial charge in [0.15, 0.2) is 0 Å². The van der Waals surface area contributed by atoms with Crippen LogP contribution in [0.4, 0.5) is 0 Å². The summed E-state index contributed by atoms with van der Waals surface area (Å²) in [5.41, 5.74) is 2.09. The number of benzene rings is 1. The molecule has 0 atom stereocenters. The number of aromatic nitrogens is 3. The van der Waals surface area contributed by atoms with Crippen LogP contribution in [0.1, 0.15) is 42.0 Å². The predicted octanol–water partition coefficient (Wildman–Crippen LogP) is -0.0397. The Morgan fingerprint density at radius 3 is 2.25 bits per heavy atom. The number of nitrogens with two attached hydrogens (primary N) is 1. The Balaban J connectivity index is 2.43. The number of hydrogen-bond donors (Lipinski definition) is 5. The second-order valence-corrected chi connectivity index (χ2v) is 5.87. The Kier molecular flexibility index (Phi) is 3.19. The maximum absolute atomic E-state index is 12.8. The molecule has 0 saturated carbocycles. The highest BCUT2D eigenvalue weighted by Gasteiger charge is 2.29. The number of imidazole rings is 1. The summed E-state index contributed by atoms with van der Waals surface area (Å²) in [6, 6.07) is 1.79. The van der Waals surface area contributed by atoms with Crippen LogP contribution in [-0.2, 0) is 0 Å². The first-order valence-corrected chi connectivity index (χ1v) is 7.50. The molecule has 1 aromatic carbocycles. The summed E-state index contributed by atoms with van der Waals surface area (Å²) >= 11 is 0. The van der Waals surface area contributed by atoms with Crippen LogP contribution in [0.2, 0.25) is 0 Å². The first-order valence-electron chi connectivity index (χ1n) is 7.50. The van der Waals surface area contributed by atoms with E-state index in [1.165, 1.54) is 0 Å². The van der Waals surface area contributed by atoms with Crippen LogP contribution in [-0.4, -0.2) is 53.5 Å². The Bertz CT molecular complexity index is 1440. The number of fused-ring (bicyclic) bond motifs is 2. The van der Waals surface area contributed by atoms with Gasteiger partial charge in [0.2, 0.25) is 11.3 Å². The molecule has 0 saturated heterocycles. The van der Waals surface area contributed by atoms with Crippen molar-refractivity contribution in [2.75, 3.05) is 0 Å². The van der Waals surface area contributed by atoms with Gasteiger partial charge in [-0.05, 0) is 12.1 Å². The number of nitrogens with one attached hydrogen (secondary N) is 1. The van der Waals surface area contributed by atoms with Crippen LogP contribution in [0.15, 0.2) is 16.9 Å². The summed E-state index contributed by atoms with van der Waals surface area (Å²) in [4.78, 5) is 65.5. The fraction of sp³-hybridized carbons (Fsp3) is 0. The number of carboxylic acid groups (broad SMARTS) is 3. The molecular formula is C16H8N4O8. The van der Waals surface area contributed by atoms with E-state index in [4.69, 9.17) is 5.73 Å². The molecule has 3 aromatic heterocycles. The summed E-state index contributed by atoms with van der Waals surface area (Å²) in [5.74, 6) is -6.22. The molecular weight excluding hydrogens is 376 g/mol. The number of carboxylic acids is 3. The van der Waals surface area contributed by atoms with E-state index in [0.29, 0.717) is 0 Å². The van der Waals surface area contributed by atoms with Gasteiger partial charge in [0.25, 0.3) is 5.91 Å². The highest BCUT2D eigenvalue weighted by atomic mass is 16.4. The fourth-order valence-corrected chi connectivity index (χ4v) is 3.26. The summed E-state index contributed by atoms with van der Waals surface area (Å²) in [5, 5.41) is 27.9. The van der Waals surface area contributed by atoms with Crippen LogP contribution in [0.25, 0.3) is 27.3 Å². The molecule has 0 bridgehead atoms. The zero-order valence-corrected chi connectivity index (χ0v) is 13.5. The molecule has 0 spiro atoms. The summed E-state index contributed by atoms with van der Waals surface area (Å²) in [6.07, 6.45) is 0. The second-order valence-electron chi connectivity index (χ2n) is 5.87. The third kappa shape index (κ3) is 1.99. The van der Waals surface area contributed by atoms with Crippen molar-refractivity contribution in [3.63, 3.8) is 0 Å². The molecule has 12 nitrogen and oxygen atoms in total. The molecule has 140 valence electrons. The van der Waals surface area contributed by atoms with E-state index in [1.807, 2.05) is 0 Å². The number of primary amides is 1. The Hall–Kier alpha value is -4.48. The molecule has 0 aliphatic rings. The van der Waals surface area contributed by atoms with Crippen molar-refractivity contribution in [2.45, 2.75) is 0 Å². The van der Waals surface area contributed by atoms with Gasteiger partial charge >= 0.3 is 17.9 Å². The summed E-state index contributed by atoms with van der Waals surface area (Å²) in [7, 11) is 0. The Morgan fingerprint density at radius 1 is 1.04 bits per heavy atom. The minimum absolute atomic E-state index is 0.134. The summed E-state index contributed by atoms with van der Waals surface area (Å²) < 4.78 is 0.782. The van der Waals surface area contributed by atoms with E-state index in [-0.39, 0.29) is 27.5 Å². The van der Waals surface area contributed by atoms with Crippen LogP contribution in [0, 0.1) is 0 Å². The highest BCUT2D eigenvalue weighted by molar-refractivity contribution is 6.21. The van der Waals surface area contributed by atoms with Crippen molar-refractivity contribution < 1.29 is 34.5 Å². The van der Waals surface area contributed by atoms with Crippen LogP contribution in [0.3, 0.4) is 0 Å². The lowest BCUT2D eigenvalue weighted by atomic mass is 10.0. The van der Waals surface area contributed by atoms with E-state index in [2.05, 4.69) is 9.97 Å². The van der Waals surface area contributed by atoms with Crippen LogP contribution < -0.4 is 11.2 Å². The van der Waals surface area contributed by atoms with Crippen LogP contribution in [0.5, 0.6) is 0 Å². The van der Waals surface area contributed by atoms with Gasteiger partial charge in [0.1, 0.15) is 16.9 Å². The molecule has 0 unspecified atom stereocenters. The normalized spacial score (nSPS) is 11.4. The van der Waals surface area contributed by atoms with Crippen molar-refractivity contribution in [3.8, 4) is 0 Å². The molecule has 4 rings (SSSR count). The van der Waals surface area contributed by atoms with Crippen molar-refractivity contribution in [3.05, 3.63) is 45.1 Å². The highest BCUT2D eigenvalue weighted by Crippen LogP contribution is 2.32. The molecule has 0 radical (unpaired) electrons. The molecule has 0 aliphatic heterocycles. The van der Waals surface area contributed by atoms with E-state index in [9.17, 15) is 39.3 Å². The first-order chi connectivity index (χ1) is 13.1. The number of carbonyl (C=O) groups is 4. The smallest absolute Gasteiger partial charge is 0.352 e. The lowest BCUT2D eigenvalue weighted by molar-refractivity contribution is 0.0677. The number of rotatable bonds is 4. The van der Waals surface area contributed by atoms with Crippen molar-refractivity contribution in [1.82, 2.24) is 14.4 Å². The van der Waals surface area contributed by atoms with Gasteiger partial charge in [-0.15, -0.1) is 0 Å². The molecule has 4 aromatic rings. The third-order valence-electron chi connectivity index (χ3n) is 4.33. The van der Waals surface area contributed by atoms with E-state index >= 15 is 0 Å². The minimum Gasteiger partial charge on any atom is -0.478 e. The summed E-state index contributed by atoms with van der Waals surface area (Å²) in [6.45, 7) is 0. The van der Waals surface area contributed by atoms with Crippen molar-refractivity contribution >= 4 is 51.1 Å². The number of amides is 1. The van der Waals surface area contributed by atoms with E-state index in [0.717, 1.165) is 16.5 Å².